The molecule has 3 rings (SSSR count). The molecule has 0 saturated carbocycles. The van der Waals surface area contributed by atoms with Crippen molar-refractivity contribution in [2.24, 2.45) is 5.10 Å². The lowest BCUT2D eigenvalue weighted by Gasteiger charge is -2.06. The summed E-state index contributed by atoms with van der Waals surface area (Å²) in [5, 5.41) is 36.7. The minimum absolute atomic E-state index is 0.0317. The predicted molar refractivity (Wildman–Crippen MR) is 120 cm³/mol. The first-order valence-electron chi connectivity index (χ1n) is 9.45. The van der Waals surface area contributed by atoms with E-state index in [9.17, 15) is 35.1 Å². The molecule has 3 aromatic rings. The Kier molecular flexibility index (Phi) is 6.87. The highest BCUT2D eigenvalue weighted by Crippen LogP contribution is 2.29. The van der Waals surface area contributed by atoms with Crippen LogP contribution in [-0.2, 0) is 0 Å². The van der Waals surface area contributed by atoms with E-state index in [4.69, 9.17) is 4.74 Å². The highest BCUT2D eigenvalue weighted by Gasteiger charge is 2.19. The zero-order valence-corrected chi connectivity index (χ0v) is 17.4. The van der Waals surface area contributed by atoms with Gasteiger partial charge in [-0.05, 0) is 55.0 Å². The molecule has 13 heteroatoms. The van der Waals surface area contributed by atoms with E-state index in [0.717, 1.165) is 12.1 Å². The summed E-state index contributed by atoms with van der Waals surface area (Å²) in [6.07, 6.45) is 1.34. The molecule has 0 aliphatic carbocycles. The zero-order valence-electron chi connectivity index (χ0n) is 17.4. The Morgan fingerprint density at radius 1 is 0.882 bits per heavy atom. The maximum Gasteiger partial charge on any atom is 0.343 e. The number of carbonyl (C=O) groups excluding carboxylic acids is 1. The number of benzene rings is 3. The van der Waals surface area contributed by atoms with Gasteiger partial charge in [-0.25, -0.2) is 4.79 Å². The lowest BCUT2D eigenvalue weighted by molar-refractivity contribution is -0.393. The topological polar surface area (TPSA) is 180 Å². The van der Waals surface area contributed by atoms with Crippen LogP contribution in [0.4, 0.5) is 22.7 Å². The van der Waals surface area contributed by atoms with Gasteiger partial charge in [0.1, 0.15) is 11.4 Å². The van der Waals surface area contributed by atoms with Gasteiger partial charge in [-0.3, -0.25) is 35.8 Å². The Bertz CT molecular complexity index is 1320. The average molecular weight is 465 g/mol. The molecule has 13 nitrogen and oxygen atoms in total. The molecule has 0 spiro atoms. The van der Waals surface area contributed by atoms with E-state index in [0.29, 0.717) is 11.1 Å². The maximum atomic E-state index is 12.3. The number of nitrogens with one attached hydrogen (secondary N) is 1. The summed E-state index contributed by atoms with van der Waals surface area (Å²) in [5.74, 6) is -0.469. The first-order chi connectivity index (χ1) is 16.2. The highest BCUT2D eigenvalue weighted by atomic mass is 16.6. The van der Waals surface area contributed by atoms with Gasteiger partial charge in [0, 0.05) is 17.7 Å². The summed E-state index contributed by atoms with van der Waals surface area (Å²) in [6.45, 7) is 1.52. The molecule has 0 amide bonds. The summed E-state index contributed by atoms with van der Waals surface area (Å²) >= 11 is 0. The van der Waals surface area contributed by atoms with Crippen LogP contribution in [0.25, 0.3) is 0 Å². The third kappa shape index (κ3) is 5.53. The number of aryl methyl sites for hydroxylation is 1. The predicted octanol–water partition coefficient (Wildman–Crippen LogP) is 4.38. The second kappa shape index (κ2) is 9.95. The van der Waals surface area contributed by atoms with Crippen LogP contribution in [0.5, 0.6) is 5.75 Å². The van der Waals surface area contributed by atoms with Crippen molar-refractivity contribution in [3.8, 4) is 5.75 Å². The van der Waals surface area contributed by atoms with Crippen LogP contribution in [-0.4, -0.2) is 27.0 Å². The van der Waals surface area contributed by atoms with Gasteiger partial charge >= 0.3 is 11.7 Å². The standard InChI is InChI=1S/C21H15N5O8/c1-13-10-15(4-9-19(13)25(30)31)21(27)34-17-6-2-14(3-7-17)12-22-23-18-8-5-16(24(28)29)11-20(18)26(32)33/h2-12,23H,1H3. The van der Waals surface area contributed by atoms with E-state index >= 15 is 0 Å². The molecule has 3 aromatic carbocycles. The number of rotatable bonds is 8. The molecular formula is C21H15N5O8. The van der Waals surface area contributed by atoms with Crippen molar-refractivity contribution in [1.29, 1.82) is 0 Å². The lowest BCUT2D eigenvalue weighted by atomic mass is 10.1. The monoisotopic (exact) mass is 465 g/mol. The van der Waals surface area contributed by atoms with Crippen LogP contribution >= 0.6 is 0 Å². The van der Waals surface area contributed by atoms with Gasteiger partial charge in [0.2, 0.25) is 0 Å². The molecule has 0 aliphatic rings. The second-order valence-corrected chi connectivity index (χ2v) is 6.80. The van der Waals surface area contributed by atoms with Crippen molar-refractivity contribution in [2.45, 2.75) is 6.92 Å². The Morgan fingerprint density at radius 2 is 1.56 bits per heavy atom. The number of nitro groups is 3. The van der Waals surface area contributed by atoms with Crippen LogP contribution in [0.1, 0.15) is 21.5 Å². The Balaban J connectivity index is 1.66. The van der Waals surface area contributed by atoms with Crippen molar-refractivity contribution in [1.82, 2.24) is 0 Å². The van der Waals surface area contributed by atoms with E-state index < -0.39 is 32.1 Å². The Hall–Kier alpha value is -5.20. The van der Waals surface area contributed by atoms with Gasteiger partial charge in [0.25, 0.3) is 11.4 Å². The quantitative estimate of drug-likeness (QED) is 0.166. The highest BCUT2D eigenvalue weighted by molar-refractivity contribution is 5.91. The molecule has 0 saturated heterocycles. The van der Waals surface area contributed by atoms with Crippen molar-refractivity contribution in [3.63, 3.8) is 0 Å². The number of nitrogens with zero attached hydrogens (tertiary/aromatic N) is 4. The number of anilines is 1. The van der Waals surface area contributed by atoms with Crippen LogP contribution < -0.4 is 10.2 Å². The average Bonchev–Trinajstić information content (AvgIpc) is 2.79. The molecule has 172 valence electrons. The zero-order chi connectivity index (χ0) is 24.8. The number of ether oxygens (including phenoxy) is 1. The van der Waals surface area contributed by atoms with Crippen molar-refractivity contribution < 1.29 is 24.3 Å². The summed E-state index contributed by atoms with van der Waals surface area (Å²) < 4.78 is 5.26. The fourth-order valence-corrected chi connectivity index (χ4v) is 2.83. The van der Waals surface area contributed by atoms with E-state index in [1.807, 2.05) is 0 Å². The van der Waals surface area contributed by atoms with Crippen molar-refractivity contribution >= 4 is 34.9 Å². The first-order valence-corrected chi connectivity index (χ1v) is 9.45. The molecule has 0 aromatic heterocycles. The Labute approximate surface area is 190 Å². The third-order valence-electron chi connectivity index (χ3n) is 4.51. The molecule has 34 heavy (non-hydrogen) atoms. The van der Waals surface area contributed by atoms with Gasteiger partial charge in [0.05, 0.1) is 32.6 Å². The van der Waals surface area contributed by atoms with E-state index in [1.54, 1.807) is 12.1 Å². The molecule has 0 aliphatic heterocycles. The van der Waals surface area contributed by atoms with Crippen LogP contribution in [0, 0.1) is 37.3 Å². The van der Waals surface area contributed by atoms with E-state index in [-0.39, 0.29) is 22.7 Å². The van der Waals surface area contributed by atoms with Crippen LogP contribution in [0.2, 0.25) is 0 Å². The summed E-state index contributed by atoms with van der Waals surface area (Å²) in [5.41, 5.74) is 2.45. The SMILES string of the molecule is Cc1cc(C(=O)Oc2ccc(C=NNc3ccc([N+](=O)[O-])cc3[N+](=O)[O-])cc2)ccc1[N+](=O)[O-]. The molecule has 0 bridgehead atoms. The Morgan fingerprint density at radius 3 is 2.15 bits per heavy atom. The van der Waals surface area contributed by atoms with Crippen LogP contribution in [0.15, 0.2) is 65.8 Å². The number of hydrogen-bond acceptors (Lipinski definition) is 10. The molecule has 1 N–H and O–H groups in total. The fourth-order valence-electron chi connectivity index (χ4n) is 2.83. The summed E-state index contributed by atoms with van der Waals surface area (Å²) in [7, 11) is 0. The number of carbonyl (C=O) groups is 1. The number of hydrogen-bond donors (Lipinski definition) is 1. The molecule has 0 atom stereocenters. The van der Waals surface area contributed by atoms with E-state index in [1.165, 1.54) is 49.5 Å². The second-order valence-electron chi connectivity index (χ2n) is 6.80. The summed E-state index contributed by atoms with van der Waals surface area (Å²) in [6, 6.07) is 13.1. The maximum absolute atomic E-state index is 12.3. The van der Waals surface area contributed by atoms with Crippen molar-refractivity contribution in [3.05, 3.63) is 108 Å². The van der Waals surface area contributed by atoms with Gasteiger partial charge in [0.15, 0.2) is 0 Å². The number of esters is 1. The number of nitro benzene ring substituents is 3. The van der Waals surface area contributed by atoms with Gasteiger partial charge in [-0.2, -0.15) is 5.10 Å². The van der Waals surface area contributed by atoms with Gasteiger partial charge < -0.3 is 4.74 Å². The van der Waals surface area contributed by atoms with Crippen LogP contribution in [0.3, 0.4) is 0 Å². The molecular weight excluding hydrogens is 450 g/mol. The van der Waals surface area contributed by atoms with E-state index in [2.05, 4.69) is 10.5 Å². The minimum Gasteiger partial charge on any atom is -0.423 e. The normalized spacial score (nSPS) is 10.6. The lowest BCUT2D eigenvalue weighted by Crippen LogP contribution is -2.09. The number of non-ortho nitro benzene ring substituents is 1. The summed E-state index contributed by atoms with van der Waals surface area (Å²) in [4.78, 5) is 43.1. The molecule has 0 radical (unpaired) electrons. The molecule has 0 unspecified atom stereocenters. The minimum atomic E-state index is -0.763. The smallest absolute Gasteiger partial charge is 0.343 e. The van der Waals surface area contributed by atoms with Gasteiger partial charge in [-0.1, -0.05) is 0 Å². The van der Waals surface area contributed by atoms with Crippen molar-refractivity contribution in [2.75, 3.05) is 5.43 Å². The molecule has 0 fully saturated rings. The third-order valence-corrected chi connectivity index (χ3v) is 4.51. The largest absolute Gasteiger partial charge is 0.423 e. The first kappa shape index (κ1) is 23.5. The molecule has 0 heterocycles. The number of hydrazone groups is 1. The fraction of sp³-hybridized carbons (Fsp3) is 0.0476. The van der Waals surface area contributed by atoms with Gasteiger partial charge in [-0.15, -0.1) is 0 Å².